The quantitative estimate of drug-likeness (QED) is 0.754. The van der Waals surface area contributed by atoms with Crippen LogP contribution in [0.3, 0.4) is 0 Å². The third kappa shape index (κ3) is 3.48. The fourth-order valence-corrected chi connectivity index (χ4v) is 4.19. The highest BCUT2D eigenvalue weighted by Crippen LogP contribution is 2.32. The first-order valence-electron chi connectivity index (χ1n) is 8.37. The summed E-state index contributed by atoms with van der Waals surface area (Å²) in [5.74, 6) is 0.286. The van der Waals surface area contributed by atoms with Crippen LogP contribution in [0.2, 0.25) is 0 Å². The SMILES string of the molecule is O=C(Nc1cccc(-c2cccnc2)c1)[C@@H]1CNC[C@H]1c1cccs1. The molecule has 25 heavy (non-hydrogen) atoms. The fraction of sp³-hybridized carbons (Fsp3) is 0.200. The molecule has 0 spiro atoms. The maximum Gasteiger partial charge on any atom is 0.229 e. The number of carbonyl (C=O) groups is 1. The van der Waals surface area contributed by atoms with E-state index < -0.39 is 0 Å². The predicted octanol–water partition coefficient (Wildman–Crippen LogP) is 3.75. The number of benzene rings is 1. The monoisotopic (exact) mass is 349 g/mol. The van der Waals surface area contributed by atoms with Gasteiger partial charge in [-0.15, -0.1) is 11.3 Å². The van der Waals surface area contributed by atoms with Gasteiger partial charge in [-0.3, -0.25) is 9.78 Å². The average molecular weight is 349 g/mol. The molecule has 1 fully saturated rings. The Kier molecular flexibility index (Phi) is 4.59. The molecule has 0 unspecified atom stereocenters. The number of aromatic nitrogens is 1. The minimum atomic E-state index is -0.0410. The summed E-state index contributed by atoms with van der Waals surface area (Å²) >= 11 is 1.72. The normalized spacial score (nSPS) is 19.7. The van der Waals surface area contributed by atoms with Crippen molar-refractivity contribution in [2.45, 2.75) is 5.92 Å². The van der Waals surface area contributed by atoms with E-state index in [2.05, 4.69) is 27.1 Å². The number of thiophene rings is 1. The summed E-state index contributed by atoms with van der Waals surface area (Å²) in [6.07, 6.45) is 3.58. The van der Waals surface area contributed by atoms with Gasteiger partial charge < -0.3 is 10.6 Å². The molecule has 0 saturated carbocycles. The molecule has 1 saturated heterocycles. The second kappa shape index (κ2) is 7.17. The van der Waals surface area contributed by atoms with Crippen LogP contribution in [0.4, 0.5) is 5.69 Å². The van der Waals surface area contributed by atoms with E-state index >= 15 is 0 Å². The van der Waals surface area contributed by atoms with E-state index in [4.69, 9.17) is 0 Å². The summed E-state index contributed by atoms with van der Waals surface area (Å²) in [5.41, 5.74) is 2.91. The van der Waals surface area contributed by atoms with E-state index in [0.29, 0.717) is 0 Å². The van der Waals surface area contributed by atoms with Crippen LogP contribution in [0.1, 0.15) is 10.8 Å². The number of nitrogens with one attached hydrogen (secondary N) is 2. The van der Waals surface area contributed by atoms with Crippen molar-refractivity contribution in [3.05, 3.63) is 71.2 Å². The highest BCUT2D eigenvalue weighted by atomic mass is 32.1. The van der Waals surface area contributed by atoms with Crippen molar-refractivity contribution in [2.24, 2.45) is 5.92 Å². The molecule has 2 aromatic heterocycles. The van der Waals surface area contributed by atoms with Gasteiger partial charge in [-0.05, 0) is 35.2 Å². The number of hydrogen-bond acceptors (Lipinski definition) is 4. The lowest BCUT2D eigenvalue weighted by Crippen LogP contribution is -2.27. The van der Waals surface area contributed by atoms with E-state index in [9.17, 15) is 4.79 Å². The Morgan fingerprint density at radius 2 is 2.04 bits per heavy atom. The second-order valence-corrected chi connectivity index (χ2v) is 7.18. The van der Waals surface area contributed by atoms with Crippen molar-refractivity contribution in [3.63, 3.8) is 0 Å². The van der Waals surface area contributed by atoms with Gasteiger partial charge in [0.1, 0.15) is 0 Å². The number of anilines is 1. The van der Waals surface area contributed by atoms with Crippen LogP contribution in [0.25, 0.3) is 11.1 Å². The van der Waals surface area contributed by atoms with E-state index in [1.807, 2.05) is 48.7 Å². The van der Waals surface area contributed by atoms with Crippen LogP contribution >= 0.6 is 11.3 Å². The minimum Gasteiger partial charge on any atom is -0.326 e. The Bertz CT molecular complexity index is 848. The molecule has 3 aromatic rings. The van der Waals surface area contributed by atoms with Crippen LogP contribution < -0.4 is 10.6 Å². The van der Waals surface area contributed by atoms with E-state index in [-0.39, 0.29) is 17.7 Å². The van der Waals surface area contributed by atoms with Gasteiger partial charge in [-0.1, -0.05) is 24.3 Å². The zero-order valence-corrected chi connectivity index (χ0v) is 14.5. The third-order valence-electron chi connectivity index (χ3n) is 4.58. The van der Waals surface area contributed by atoms with Crippen molar-refractivity contribution < 1.29 is 4.79 Å². The molecule has 126 valence electrons. The van der Waals surface area contributed by atoms with Crippen LogP contribution in [0, 0.1) is 5.92 Å². The van der Waals surface area contributed by atoms with Crippen molar-refractivity contribution in [1.29, 1.82) is 0 Å². The highest BCUT2D eigenvalue weighted by molar-refractivity contribution is 7.10. The molecular weight excluding hydrogens is 330 g/mol. The molecule has 2 N–H and O–H groups in total. The van der Waals surface area contributed by atoms with Gasteiger partial charge in [0.15, 0.2) is 0 Å². The molecule has 4 rings (SSSR count). The molecule has 0 aliphatic carbocycles. The molecule has 0 bridgehead atoms. The zero-order chi connectivity index (χ0) is 17.1. The van der Waals surface area contributed by atoms with Crippen LogP contribution in [0.5, 0.6) is 0 Å². The smallest absolute Gasteiger partial charge is 0.229 e. The van der Waals surface area contributed by atoms with E-state index in [1.54, 1.807) is 17.5 Å². The summed E-state index contributed by atoms with van der Waals surface area (Å²) in [4.78, 5) is 18.2. The summed E-state index contributed by atoms with van der Waals surface area (Å²) < 4.78 is 0. The summed E-state index contributed by atoms with van der Waals surface area (Å²) in [7, 11) is 0. The largest absolute Gasteiger partial charge is 0.326 e. The first-order chi connectivity index (χ1) is 12.3. The third-order valence-corrected chi connectivity index (χ3v) is 5.59. The zero-order valence-electron chi connectivity index (χ0n) is 13.7. The summed E-state index contributed by atoms with van der Waals surface area (Å²) in [6.45, 7) is 1.57. The molecule has 1 aliphatic heterocycles. The first kappa shape index (κ1) is 16.0. The lowest BCUT2D eigenvalue weighted by molar-refractivity contribution is -0.119. The Morgan fingerprint density at radius 1 is 1.12 bits per heavy atom. The molecule has 2 atom stereocenters. The lowest BCUT2D eigenvalue weighted by atomic mass is 9.93. The van der Waals surface area contributed by atoms with E-state index in [0.717, 1.165) is 29.9 Å². The topological polar surface area (TPSA) is 54.0 Å². The number of hydrogen-bond donors (Lipinski definition) is 2. The van der Waals surface area contributed by atoms with Crippen molar-refractivity contribution in [2.75, 3.05) is 18.4 Å². The van der Waals surface area contributed by atoms with Gasteiger partial charge in [-0.2, -0.15) is 0 Å². The molecule has 4 nitrogen and oxygen atoms in total. The Labute approximate surface area is 150 Å². The van der Waals surface area contributed by atoms with Gasteiger partial charge in [0.05, 0.1) is 5.92 Å². The lowest BCUT2D eigenvalue weighted by Gasteiger charge is -2.17. The molecule has 5 heteroatoms. The molecule has 1 aliphatic rings. The first-order valence-corrected chi connectivity index (χ1v) is 9.25. The van der Waals surface area contributed by atoms with Crippen molar-refractivity contribution in [1.82, 2.24) is 10.3 Å². The van der Waals surface area contributed by atoms with Crippen LogP contribution in [-0.2, 0) is 4.79 Å². The summed E-state index contributed by atoms with van der Waals surface area (Å²) in [5, 5.41) is 8.51. The number of nitrogens with zero attached hydrogens (tertiary/aromatic N) is 1. The highest BCUT2D eigenvalue weighted by Gasteiger charge is 2.34. The standard InChI is InChI=1S/C20H19N3OS/c24-20(18-13-22-12-17(18)19-7-3-9-25-19)23-16-6-1-4-14(10-16)15-5-2-8-21-11-15/h1-11,17-18,22H,12-13H2,(H,23,24)/t17-,18-/m1/s1. The number of carbonyl (C=O) groups excluding carboxylic acids is 1. The van der Waals surface area contributed by atoms with Crippen molar-refractivity contribution >= 4 is 22.9 Å². The van der Waals surface area contributed by atoms with Gasteiger partial charge >= 0.3 is 0 Å². The Morgan fingerprint density at radius 3 is 2.84 bits per heavy atom. The predicted molar refractivity (Wildman–Crippen MR) is 102 cm³/mol. The summed E-state index contributed by atoms with van der Waals surface area (Å²) in [6, 6.07) is 16.0. The number of pyridine rings is 1. The Hall–Kier alpha value is -2.50. The maximum atomic E-state index is 12.8. The van der Waals surface area contributed by atoms with Gasteiger partial charge in [0, 0.05) is 47.5 Å². The number of rotatable bonds is 4. The minimum absolute atomic E-state index is 0.0410. The molecule has 1 aromatic carbocycles. The Balaban J connectivity index is 1.51. The molecular formula is C20H19N3OS. The van der Waals surface area contributed by atoms with Gasteiger partial charge in [0.25, 0.3) is 0 Å². The number of amides is 1. The molecule has 1 amide bonds. The van der Waals surface area contributed by atoms with E-state index in [1.165, 1.54) is 4.88 Å². The molecule has 3 heterocycles. The maximum absolute atomic E-state index is 12.8. The van der Waals surface area contributed by atoms with Crippen LogP contribution in [-0.4, -0.2) is 24.0 Å². The van der Waals surface area contributed by atoms with Gasteiger partial charge in [-0.25, -0.2) is 0 Å². The van der Waals surface area contributed by atoms with Crippen LogP contribution in [0.15, 0.2) is 66.3 Å². The average Bonchev–Trinajstić information content (AvgIpc) is 3.34. The fourth-order valence-electron chi connectivity index (χ4n) is 3.30. The van der Waals surface area contributed by atoms with Crippen molar-refractivity contribution in [3.8, 4) is 11.1 Å². The molecule has 0 radical (unpaired) electrons. The second-order valence-electron chi connectivity index (χ2n) is 6.20. The van der Waals surface area contributed by atoms with Gasteiger partial charge in [0.2, 0.25) is 5.91 Å².